The molecular weight excluding hydrogens is 380 g/mol. The Kier molecular flexibility index (Phi) is 5.51. The van der Waals surface area contributed by atoms with E-state index in [0.717, 1.165) is 16.7 Å². The molecule has 3 aromatic carbocycles. The monoisotopic (exact) mass is 396 g/mol. The molecule has 1 aromatic heterocycles. The molecule has 4 aromatic rings. The molecule has 0 spiro atoms. The highest BCUT2D eigenvalue weighted by Gasteiger charge is 2.17. The van der Waals surface area contributed by atoms with Crippen LogP contribution >= 0.6 is 11.6 Å². The largest absolute Gasteiger partial charge is 0.365 e. The Morgan fingerprint density at radius 1 is 0.793 bits per heavy atom. The Hall–Kier alpha value is -3.68. The summed E-state index contributed by atoms with van der Waals surface area (Å²) < 4.78 is 0. The van der Waals surface area contributed by atoms with Crippen LogP contribution in [0.15, 0.2) is 84.9 Å². The molecule has 5 heteroatoms. The van der Waals surface area contributed by atoms with Crippen molar-refractivity contribution in [1.82, 2.24) is 9.97 Å². The Labute approximate surface area is 174 Å². The zero-order valence-corrected chi connectivity index (χ0v) is 16.3. The fourth-order valence-corrected chi connectivity index (χ4v) is 3.14. The van der Waals surface area contributed by atoms with Crippen LogP contribution in [0, 0.1) is 11.3 Å². The van der Waals surface area contributed by atoms with Gasteiger partial charge in [0.2, 0.25) is 0 Å². The summed E-state index contributed by atoms with van der Waals surface area (Å²) in [6, 6.07) is 29.3. The van der Waals surface area contributed by atoms with Crippen molar-refractivity contribution in [3.8, 4) is 28.7 Å². The fraction of sp³-hybridized carbons (Fsp3) is 0.0417. The molecule has 1 heterocycles. The van der Waals surface area contributed by atoms with E-state index >= 15 is 0 Å². The highest BCUT2D eigenvalue weighted by Crippen LogP contribution is 2.30. The first-order valence-electron chi connectivity index (χ1n) is 9.16. The summed E-state index contributed by atoms with van der Waals surface area (Å²) in [5, 5.41) is 13.8. The van der Waals surface area contributed by atoms with Crippen molar-refractivity contribution in [3.05, 3.63) is 101 Å². The quantitative estimate of drug-likeness (QED) is 0.453. The van der Waals surface area contributed by atoms with E-state index in [1.54, 1.807) is 12.1 Å². The van der Waals surface area contributed by atoms with E-state index in [2.05, 4.69) is 16.4 Å². The summed E-state index contributed by atoms with van der Waals surface area (Å²) in [6.45, 7) is 0.556. The lowest BCUT2D eigenvalue weighted by Gasteiger charge is -2.13. The number of nitriles is 1. The standard InChI is InChI=1S/C24H17ClN4/c25-20-13-11-18(12-14-20)22-21(15-26)24(27-16-17-7-3-1-4-8-17)29-23(28-22)19-9-5-2-6-10-19/h1-14H,16H2,(H,27,28,29). The molecule has 4 rings (SSSR count). The summed E-state index contributed by atoms with van der Waals surface area (Å²) in [5.74, 6) is 1.07. The molecular formula is C24H17ClN4. The topological polar surface area (TPSA) is 61.6 Å². The Morgan fingerprint density at radius 3 is 2.10 bits per heavy atom. The SMILES string of the molecule is N#Cc1c(NCc2ccccc2)nc(-c2ccccc2)nc1-c1ccc(Cl)cc1. The van der Waals surface area contributed by atoms with E-state index in [0.29, 0.717) is 34.5 Å². The van der Waals surface area contributed by atoms with Gasteiger partial charge in [0.1, 0.15) is 17.5 Å². The van der Waals surface area contributed by atoms with Crippen LogP contribution in [0.4, 0.5) is 5.82 Å². The number of hydrogen-bond acceptors (Lipinski definition) is 4. The zero-order chi connectivity index (χ0) is 20.1. The van der Waals surface area contributed by atoms with Gasteiger partial charge in [0.15, 0.2) is 5.82 Å². The van der Waals surface area contributed by atoms with Gasteiger partial charge in [-0.25, -0.2) is 9.97 Å². The fourth-order valence-electron chi connectivity index (χ4n) is 3.01. The van der Waals surface area contributed by atoms with Crippen molar-refractivity contribution in [1.29, 1.82) is 5.26 Å². The zero-order valence-electron chi connectivity index (χ0n) is 15.5. The van der Waals surface area contributed by atoms with Crippen LogP contribution in [0.25, 0.3) is 22.6 Å². The highest BCUT2D eigenvalue weighted by atomic mass is 35.5. The minimum absolute atomic E-state index is 0.405. The van der Waals surface area contributed by atoms with Gasteiger partial charge in [0.25, 0.3) is 0 Å². The van der Waals surface area contributed by atoms with Crippen molar-refractivity contribution in [2.45, 2.75) is 6.54 Å². The predicted molar refractivity (Wildman–Crippen MR) is 116 cm³/mol. The van der Waals surface area contributed by atoms with Gasteiger partial charge in [-0.3, -0.25) is 0 Å². The number of rotatable bonds is 5. The molecule has 140 valence electrons. The van der Waals surface area contributed by atoms with Crippen molar-refractivity contribution in [2.24, 2.45) is 0 Å². The summed E-state index contributed by atoms with van der Waals surface area (Å²) in [4.78, 5) is 9.37. The Balaban J connectivity index is 1.82. The number of nitrogens with one attached hydrogen (secondary N) is 1. The summed E-state index contributed by atoms with van der Waals surface area (Å²) in [6.07, 6.45) is 0. The number of benzene rings is 3. The molecule has 0 radical (unpaired) electrons. The first kappa shape index (κ1) is 18.7. The Morgan fingerprint density at radius 2 is 1.45 bits per heavy atom. The van der Waals surface area contributed by atoms with Gasteiger partial charge in [-0.05, 0) is 17.7 Å². The van der Waals surface area contributed by atoms with Gasteiger partial charge in [-0.2, -0.15) is 5.26 Å². The number of halogens is 1. The molecule has 0 unspecified atom stereocenters. The first-order valence-corrected chi connectivity index (χ1v) is 9.53. The third kappa shape index (κ3) is 4.26. The van der Waals surface area contributed by atoms with Crippen LogP contribution < -0.4 is 5.32 Å². The Bertz CT molecular complexity index is 1150. The molecule has 0 bridgehead atoms. The average molecular weight is 397 g/mol. The van der Waals surface area contributed by atoms with Crippen LogP contribution in [-0.2, 0) is 6.54 Å². The molecule has 0 aliphatic rings. The summed E-state index contributed by atoms with van der Waals surface area (Å²) in [7, 11) is 0. The van der Waals surface area contributed by atoms with Crippen molar-refractivity contribution < 1.29 is 0 Å². The van der Waals surface area contributed by atoms with Crippen LogP contribution in [0.2, 0.25) is 5.02 Å². The second-order valence-electron chi connectivity index (χ2n) is 6.44. The number of anilines is 1. The van der Waals surface area contributed by atoms with Gasteiger partial charge in [-0.1, -0.05) is 84.4 Å². The number of nitrogens with zero attached hydrogens (tertiary/aromatic N) is 3. The molecule has 0 saturated heterocycles. The molecule has 0 aliphatic heterocycles. The second-order valence-corrected chi connectivity index (χ2v) is 6.88. The van der Waals surface area contributed by atoms with E-state index < -0.39 is 0 Å². The van der Waals surface area contributed by atoms with E-state index in [4.69, 9.17) is 16.6 Å². The number of hydrogen-bond donors (Lipinski definition) is 1. The normalized spacial score (nSPS) is 10.3. The first-order chi connectivity index (χ1) is 14.2. The lowest BCUT2D eigenvalue weighted by molar-refractivity contribution is 1.08. The van der Waals surface area contributed by atoms with Crippen LogP contribution in [-0.4, -0.2) is 9.97 Å². The molecule has 4 nitrogen and oxygen atoms in total. The van der Waals surface area contributed by atoms with Crippen LogP contribution in [0.5, 0.6) is 0 Å². The molecule has 1 N–H and O–H groups in total. The van der Waals surface area contributed by atoms with Gasteiger partial charge < -0.3 is 5.32 Å². The second kappa shape index (κ2) is 8.55. The van der Waals surface area contributed by atoms with Gasteiger partial charge in [-0.15, -0.1) is 0 Å². The van der Waals surface area contributed by atoms with E-state index in [1.807, 2.05) is 72.8 Å². The van der Waals surface area contributed by atoms with E-state index in [1.165, 1.54) is 0 Å². The molecule has 29 heavy (non-hydrogen) atoms. The van der Waals surface area contributed by atoms with E-state index in [9.17, 15) is 5.26 Å². The maximum atomic E-state index is 9.88. The third-order valence-electron chi connectivity index (χ3n) is 4.47. The van der Waals surface area contributed by atoms with Crippen molar-refractivity contribution >= 4 is 17.4 Å². The van der Waals surface area contributed by atoms with Crippen molar-refractivity contribution in [3.63, 3.8) is 0 Å². The predicted octanol–water partition coefficient (Wildman–Crippen LogP) is 5.95. The lowest BCUT2D eigenvalue weighted by Crippen LogP contribution is -2.07. The molecule has 0 fully saturated rings. The van der Waals surface area contributed by atoms with Crippen LogP contribution in [0.1, 0.15) is 11.1 Å². The maximum Gasteiger partial charge on any atom is 0.162 e. The van der Waals surface area contributed by atoms with Gasteiger partial charge in [0.05, 0.1) is 5.69 Å². The van der Waals surface area contributed by atoms with Gasteiger partial charge in [0, 0.05) is 22.7 Å². The average Bonchev–Trinajstić information content (AvgIpc) is 2.79. The van der Waals surface area contributed by atoms with Gasteiger partial charge >= 0.3 is 0 Å². The smallest absolute Gasteiger partial charge is 0.162 e. The molecule has 0 aliphatic carbocycles. The molecule has 0 saturated carbocycles. The molecule has 0 amide bonds. The van der Waals surface area contributed by atoms with Crippen LogP contribution in [0.3, 0.4) is 0 Å². The van der Waals surface area contributed by atoms with Crippen molar-refractivity contribution in [2.75, 3.05) is 5.32 Å². The molecule has 0 atom stereocenters. The minimum atomic E-state index is 0.405. The third-order valence-corrected chi connectivity index (χ3v) is 4.73. The summed E-state index contributed by atoms with van der Waals surface area (Å²) >= 11 is 6.04. The maximum absolute atomic E-state index is 9.88. The van der Waals surface area contributed by atoms with E-state index in [-0.39, 0.29) is 0 Å². The highest BCUT2D eigenvalue weighted by molar-refractivity contribution is 6.30. The minimum Gasteiger partial charge on any atom is -0.365 e. The lowest BCUT2D eigenvalue weighted by atomic mass is 10.1. The summed E-state index contributed by atoms with van der Waals surface area (Å²) in [5.41, 5.74) is 3.78. The number of aromatic nitrogens is 2.